The third-order valence-electron chi connectivity index (χ3n) is 12.4. The molecule has 368 valence electrons. The zero-order valence-electron chi connectivity index (χ0n) is 41.8. The number of hydrogen-bond donors (Lipinski definition) is 3. The summed E-state index contributed by atoms with van der Waals surface area (Å²) in [5, 5.41) is 23.2. The molecule has 0 aromatic rings. The second kappa shape index (κ2) is 52.4. The molecule has 0 bridgehead atoms. The molecule has 0 aliphatic rings. The fourth-order valence-corrected chi connectivity index (χ4v) is 8.12. The van der Waals surface area contributed by atoms with Crippen LogP contribution in [-0.4, -0.2) is 47.4 Å². The van der Waals surface area contributed by atoms with E-state index in [2.05, 4.69) is 61.7 Å². The largest absolute Gasteiger partial charge is 0.466 e. The lowest BCUT2D eigenvalue weighted by Gasteiger charge is -2.22. The van der Waals surface area contributed by atoms with E-state index in [4.69, 9.17) is 4.74 Å². The number of nitrogens with one attached hydrogen (secondary N) is 1. The third-order valence-corrected chi connectivity index (χ3v) is 12.4. The van der Waals surface area contributed by atoms with Gasteiger partial charge in [0.2, 0.25) is 5.91 Å². The summed E-state index contributed by atoms with van der Waals surface area (Å²) in [4.78, 5) is 24.5. The summed E-state index contributed by atoms with van der Waals surface area (Å²) >= 11 is 0. The number of carbonyl (C=O) groups excluding carboxylic acids is 2. The molecule has 6 heteroatoms. The molecule has 6 nitrogen and oxygen atoms in total. The van der Waals surface area contributed by atoms with Gasteiger partial charge in [0, 0.05) is 12.8 Å². The Labute approximate surface area is 391 Å². The molecule has 2 unspecified atom stereocenters. The van der Waals surface area contributed by atoms with Crippen LogP contribution in [0.5, 0.6) is 0 Å². The average Bonchev–Trinajstić information content (AvgIpc) is 3.28. The van der Waals surface area contributed by atoms with E-state index in [1.807, 2.05) is 6.08 Å². The molecular formula is C57H105NO5. The average molecular weight is 884 g/mol. The number of unbranched alkanes of at least 4 members (excludes halogenated alkanes) is 31. The van der Waals surface area contributed by atoms with Crippen LogP contribution in [0.1, 0.15) is 277 Å². The van der Waals surface area contributed by atoms with Crippen molar-refractivity contribution < 1.29 is 24.5 Å². The zero-order chi connectivity index (χ0) is 45.8. The van der Waals surface area contributed by atoms with Crippen molar-refractivity contribution in [2.45, 2.75) is 289 Å². The Morgan fingerprint density at radius 1 is 0.444 bits per heavy atom. The number of amides is 1. The topological polar surface area (TPSA) is 95.9 Å². The van der Waals surface area contributed by atoms with Gasteiger partial charge in [-0.1, -0.05) is 242 Å². The van der Waals surface area contributed by atoms with Crippen LogP contribution in [0.2, 0.25) is 0 Å². The van der Waals surface area contributed by atoms with Crippen LogP contribution in [0.4, 0.5) is 0 Å². The maximum Gasteiger partial charge on any atom is 0.305 e. The molecule has 0 rings (SSSR count). The van der Waals surface area contributed by atoms with Crippen LogP contribution in [-0.2, 0) is 14.3 Å². The van der Waals surface area contributed by atoms with E-state index in [1.54, 1.807) is 0 Å². The summed E-state index contributed by atoms with van der Waals surface area (Å²) in [6, 6.07) is -0.587. The normalized spacial score (nSPS) is 13.0. The van der Waals surface area contributed by atoms with Gasteiger partial charge in [0.05, 0.1) is 25.4 Å². The van der Waals surface area contributed by atoms with Crippen LogP contribution in [0.15, 0.2) is 48.6 Å². The van der Waals surface area contributed by atoms with Gasteiger partial charge in [-0.2, -0.15) is 0 Å². The van der Waals surface area contributed by atoms with Crippen molar-refractivity contribution in [1.29, 1.82) is 0 Å². The van der Waals surface area contributed by atoms with Crippen LogP contribution < -0.4 is 5.32 Å². The second-order valence-corrected chi connectivity index (χ2v) is 18.6. The van der Waals surface area contributed by atoms with Gasteiger partial charge in [-0.15, -0.1) is 0 Å². The highest BCUT2D eigenvalue weighted by Crippen LogP contribution is 2.16. The Bertz CT molecular complexity index is 1070. The molecule has 0 saturated heterocycles. The van der Waals surface area contributed by atoms with E-state index in [1.165, 1.54) is 173 Å². The van der Waals surface area contributed by atoms with Crippen LogP contribution in [0.25, 0.3) is 0 Å². The molecule has 0 aromatic heterocycles. The van der Waals surface area contributed by atoms with Gasteiger partial charge in [-0.05, 0) is 70.6 Å². The minimum atomic E-state index is -0.701. The quantitative estimate of drug-likeness (QED) is 0.0321. The Morgan fingerprint density at radius 2 is 0.825 bits per heavy atom. The summed E-state index contributed by atoms with van der Waals surface area (Å²) in [5.41, 5.74) is 0. The summed E-state index contributed by atoms with van der Waals surface area (Å²) in [6.45, 7) is 4.84. The summed E-state index contributed by atoms with van der Waals surface area (Å²) < 4.78 is 5.44. The maximum atomic E-state index is 12.4. The lowest BCUT2D eigenvalue weighted by atomic mass is 10.0. The van der Waals surface area contributed by atoms with E-state index in [9.17, 15) is 19.8 Å². The van der Waals surface area contributed by atoms with Gasteiger partial charge in [-0.3, -0.25) is 9.59 Å². The van der Waals surface area contributed by atoms with Crippen molar-refractivity contribution in [1.82, 2.24) is 5.32 Å². The van der Waals surface area contributed by atoms with Gasteiger partial charge in [0.1, 0.15) is 0 Å². The number of aliphatic hydroxyl groups is 2. The van der Waals surface area contributed by atoms with Crippen molar-refractivity contribution in [2.75, 3.05) is 13.2 Å². The number of hydrogen-bond acceptors (Lipinski definition) is 5. The fraction of sp³-hybridized carbons (Fsp3) is 0.825. The van der Waals surface area contributed by atoms with Crippen molar-refractivity contribution in [3.8, 4) is 0 Å². The first-order valence-corrected chi connectivity index (χ1v) is 27.4. The predicted octanol–water partition coefficient (Wildman–Crippen LogP) is 16.6. The maximum absolute atomic E-state index is 12.4. The fourth-order valence-electron chi connectivity index (χ4n) is 8.12. The molecule has 3 N–H and O–H groups in total. The van der Waals surface area contributed by atoms with Crippen LogP contribution in [0.3, 0.4) is 0 Å². The molecule has 0 aromatic carbocycles. The van der Waals surface area contributed by atoms with E-state index in [0.717, 1.165) is 64.2 Å². The molecule has 0 heterocycles. The Hall–Kier alpha value is -2.18. The lowest BCUT2D eigenvalue weighted by molar-refractivity contribution is -0.143. The monoisotopic (exact) mass is 884 g/mol. The molecule has 0 fully saturated rings. The van der Waals surface area contributed by atoms with Crippen molar-refractivity contribution >= 4 is 11.9 Å². The standard InChI is InChI=1S/C57H105NO5/c1-3-5-7-9-11-13-15-17-19-20-21-22-23-25-29-33-37-41-45-49-55(60)54(53-59)58-56(61)50-46-42-38-34-30-26-24-28-32-36-40-44-48-52-63-57(62)51-47-43-39-35-31-27-18-16-14-12-10-8-6-4-2/h10,12,16,18,26,30,38,42,54-55,59-60H,3-9,11,13-15,17,19-25,27-29,31-37,39-41,43-53H2,1-2H3,(H,58,61)/b12-10-,18-16-,30-26-,42-38-. The summed E-state index contributed by atoms with van der Waals surface area (Å²) in [6.07, 6.45) is 65.3. The molecule has 0 saturated carbocycles. The smallest absolute Gasteiger partial charge is 0.305 e. The first-order valence-electron chi connectivity index (χ1n) is 27.4. The second-order valence-electron chi connectivity index (χ2n) is 18.6. The Morgan fingerprint density at radius 3 is 1.29 bits per heavy atom. The van der Waals surface area contributed by atoms with E-state index in [-0.39, 0.29) is 18.5 Å². The highest BCUT2D eigenvalue weighted by Gasteiger charge is 2.19. The minimum Gasteiger partial charge on any atom is -0.466 e. The van der Waals surface area contributed by atoms with Gasteiger partial charge >= 0.3 is 5.97 Å². The van der Waals surface area contributed by atoms with Crippen molar-refractivity contribution in [3.05, 3.63) is 48.6 Å². The Kier molecular flexibility index (Phi) is 50.6. The highest BCUT2D eigenvalue weighted by molar-refractivity contribution is 5.76. The summed E-state index contributed by atoms with van der Waals surface area (Å²) in [7, 11) is 0. The SMILES string of the molecule is CCCC/C=C\C/C=C\CCCCCCCC(=O)OCCCCCCCC/C=C\C/C=C\CCC(=O)NC(CO)C(O)CCCCCCCCCCCCCCCCCCCCC. The van der Waals surface area contributed by atoms with E-state index in [0.29, 0.717) is 32.3 Å². The first kappa shape index (κ1) is 60.8. The van der Waals surface area contributed by atoms with Gasteiger partial charge < -0.3 is 20.3 Å². The molecule has 0 radical (unpaired) electrons. The van der Waals surface area contributed by atoms with Gasteiger partial charge in [0.15, 0.2) is 0 Å². The summed E-state index contributed by atoms with van der Waals surface area (Å²) in [5.74, 6) is -0.148. The molecular weight excluding hydrogens is 779 g/mol. The molecule has 2 atom stereocenters. The number of rotatable bonds is 50. The number of carbonyl (C=O) groups is 2. The van der Waals surface area contributed by atoms with Gasteiger partial charge in [-0.25, -0.2) is 0 Å². The zero-order valence-corrected chi connectivity index (χ0v) is 41.8. The highest BCUT2D eigenvalue weighted by atomic mass is 16.5. The first-order chi connectivity index (χ1) is 31.0. The number of aliphatic hydroxyl groups excluding tert-OH is 2. The molecule has 63 heavy (non-hydrogen) atoms. The molecule has 1 amide bonds. The number of allylic oxidation sites excluding steroid dienone is 8. The minimum absolute atomic E-state index is 0.0319. The Balaban J connectivity index is 3.56. The van der Waals surface area contributed by atoms with Crippen molar-refractivity contribution in [3.63, 3.8) is 0 Å². The van der Waals surface area contributed by atoms with Crippen molar-refractivity contribution in [2.24, 2.45) is 0 Å². The number of esters is 1. The molecule has 0 aliphatic carbocycles. The lowest BCUT2D eigenvalue weighted by Crippen LogP contribution is -2.45. The van der Waals surface area contributed by atoms with Crippen LogP contribution in [0, 0.1) is 0 Å². The predicted molar refractivity (Wildman–Crippen MR) is 273 cm³/mol. The molecule has 0 aliphatic heterocycles. The van der Waals surface area contributed by atoms with Crippen LogP contribution >= 0.6 is 0 Å². The molecule has 0 spiro atoms. The third kappa shape index (κ3) is 49.1. The van der Waals surface area contributed by atoms with E-state index < -0.39 is 12.1 Å². The number of ether oxygens (including phenoxy) is 1. The van der Waals surface area contributed by atoms with E-state index >= 15 is 0 Å². The van der Waals surface area contributed by atoms with Gasteiger partial charge in [0.25, 0.3) is 0 Å².